The van der Waals surface area contributed by atoms with Crippen LogP contribution in [0, 0.1) is 11.6 Å². The average Bonchev–Trinajstić information content (AvgIpc) is 3.47. The highest BCUT2D eigenvalue weighted by atomic mass is 19.1. The van der Waals surface area contributed by atoms with Crippen molar-refractivity contribution in [3.05, 3.63) is 77.9 Å². The summed E-state index contributed by atoms with van der Waals surface area (Å²) in [6, 6.07) is 10.3. The van der Waals surface area contributed by atoms with Gasteiger partial charge in [-0.3, -0.25) is 9.79 Å². The van der Waals surface area contributed by atoms with Gasteiger partial charge in [0.1, 0.15) is 11.6 Å². The number of rotatable bonds is 9. The maximum atomic E-state index is 14.7. The molecule has 0 unspecified atom stereocenters. The second-order valence-electron chi connectivity index (χ2n) is 8.02. The van der Waals surface area contributed by atoms with Gasteiger partial charge in [-0.15, -0.1) is 0 Å². The summed E-state index contributed by atoms with van der Waals surface area (Å²) in [6.07, 6.45) is 3.30. The van der Waals surface area contributed by atoms with Crippen LogP contribution in [0.15, 0.2) is 65.6 Å². The number of amides is 1. The number of carbonyl (C=O) groups excluding carboxylic acids is 1. The van der Waals surface area contributed by atoms with Crippen molar-refractivity contribution in [3.8, 4) is 11.3 Å². The van der Waals surface area contributed by atoms with Gasteiger partial charge in [-0.1, -0.05) is 0 Å². The number of hydrogen-bond donors (Lipinski definition) is 3. The third-order valence-electron chi connectivity index (χ3n) is 5.66. The minimum atomic E-state index is -0.637. The fourth-order valence-corrected chi connectivity index (χ4v) is 3.92. The summed E-state index contributed by atoms with van der Waals surface area (Å²) in [7, 11) is 1.81. The average molecular weight is 482 g/mol. The first kappa shape index (κ1) is 24.2. The summed E-state index contributed by atoms with van der Waals surface area (Å²) in [5, 5.41) is 20.9. The maximum Gasteiger partial charge on any atom is 0.253 e. The zero-order valence-electron chi connectivity index (χ0n) is 19.1. The highest BCUT2D eigenvalue weighted by Crippen LogP contribution is 2.28. The maximum absolute atomic E-state index is 14.7. The Bertz CT molecular complexity index is 1280. The monoisotopic (exact) mass is 481 g/mol. The van der Waals surface area contributed by atoms with E-state index in [1.165, 1.54) is 30.5 Å². The van der Waals surface area contributed by atoms with Crippen molar-refractivity contribution < 1.29 is 23.8 Å². The van der Waals surface area contributed by atoms with Gasteiger partial charge in [-0.2, -0.15) is 0 Å². The molecule has 1 aliphatic rings. The first-order valence-corrected chi connectivity index (χ1v) is 11.0. The molecular formula is C25H25F2N5O3. The Morgan fingerprint density at radius 1 is 1.11 bits per heavy atom. The van der Waals surface area contributed by atoms with Crippen molar-refractivity contribution >= 4 is 23.0 Å². The molecule has 3 N–H and O–H groups in total. The van der Waals surface area contributed by atoms with E-state index in [9.17, 15) is 23.8 Å². The van der Waals surface area contributed by atoms with E-state index >= 15 is 0 Å². The molecule has 3 aromatic rings. The molecule has 0 radical (unpaired) electrons. The second-order valence-corrected chi connectivity index (χ2v) is 8.02. The molecule has 0 fully saturated rings. The lowest BCUT2D eigenvalue weighted by atomic mass is 10.0. The van der Waals surface area contributed by atoms with Gasteiger partial charge in [0, 0.05) is 49.6 Å². The summed E-state index contributed by atoms with van der Waals surface area (Å²) in [5.41, 5.74) is 3.52. The van der Waals surface area contributed by atoms with Crippen molar-refractivity contribution in [2.75, 3.05) is 36.5 Å². The van der Waals surface area contributed by atoms with Crippen LogP contribution in [0.4, 0.5) is 20.2 Å². The molecule has 4 rings (SSSR count). The molecule has 182 valence electrons. The van der Waals surface area contributed by atoms with Gasteiger partial charge in [0.25, 0.3) is 5.91 Å². The third-order valence-corrected chi connectivity index (χ3v) is 5.66. The molecular weight excluding hydrogens is 456 g/mol. The largest absolute Gasteiger partial charge is 0.395 e. The van der Waals surface area contributed by atoms with Gasteiger partial charge < -0.3 is 25.0 Å². The summed E-state index contributed by atoms with van der Waals surface area (Å²) < 4.78 is 29.8. The normalized spacial score (nSPS) is 12.9. The fraction of sp³-hybridized carbons (Fsp3) is 0.240. The number of aliphatic hydroxyl groups is 2. The van der Waals surface area contributed by atoms with Gasteiger partial charge >= 0.3 is 0 Å². The molecule has 1 amide bonds. The molecule has 2 heterocycles. The van der Waals surface area contributed by atoms with Crippen molar-refractivity contribution in [2.45, 2.75) is 6.42 Å². The van der Waals surface area contributed by atoms with Gasteiger partial charge in [0.05, 0.1) is 42.3 Å². The van der Waals surface area contributed by atoms with Crippen LogP contribution < -0.4 is 10.2 Å². The first-order valence-electron chi connectivity index (χ1n) is 11.0. The van der Waals surface area contributed by atoms with Crippen molar-refractivity contribution in [2.24, 2.45) is 12.0 Å². The van der Waals surface area contributed by atoms with E-state index in [1.54, 1.807) is 34.0 Å². The number of carbonyl (C=O) groups is 1. The Hall–Kier alpha value is -3.89. The topological polar surface area (TPSA) is 103 Å². The highest BCUT2D eigenvalue weighted by Gasteiger charge is 2.24. The third kappa shape index (κ3) is 5.28. The van der Waals surface area contributed by atoms with Crippen LogP contribution in [0.25, 0.3) is 11.3 Å². The number of halogens is 2. The summed E-state index contributed by atoms with van der Waals surface area (Å²) >= 11 is 0. The minimum Gasteiger partial charge on any atom is -0.395 e. The van der Waals surface area contributed by atoms with Crippen molar-refractivity contribution in [3.63, 3.8) is 0 Å². The number of nitrogens with one attached hydrogen (secondary N) is 1. The fourth-order valence-electron chi connectivity index (χ4n) is 3.92. The standard InChI is InChI=1S/C25H25F2N5O3/c1-31-15-29-23(16-2-4-18(26)5-3-16)24(31)22-12-17(14-28-22)25(35)30-21-7-6-19(13-20(21)27)32(8-10-33)9-11-34/h2-7,13-15,33-34H,8-12H2,1H3,(H,30,35). The SMILES string of the molecule is Cn1cnc(-c2ccc(F)cc2)c1C1=NC=C(C(=O)Nc2ccc(N(CCO)CCO)cc2F)C1. The van der Waals surface area contributed by atoms with Crippen LogP contribution in [0.2, 0.25) is 0 Å². The second kappa shape index (κ2) is 10.6. The molecule has 35 heavy (non-hydrogen) atoms. The van der Waals surface area contributed by atoms with E-state index in [-0.39, 0.29) is 44.2 Å². The quantitative estimate of drug-likeness (QED) is 0.436. The smallest absolute Gasteiger partial charge is 0.253 e. The summed E-state index contributed by atoms with van der Waals surface area (Å²) in [5.74, 6) is -1.47. The molecule has 0 atom stereocenters. The molecule has 2 aromatic carbocycles. The lowest BCUT2D eigenvalue weighted by Crippen LogP contribution is -2.29. The number of imidazole rings is 1. The van der Waals surface area contributed by atoms with Crippen LogP contribution in [0.3, 0.4) is 0 Å². The minimum absolute atomic E-state index is 0.00795. The lowest BCUT2D eigenvalue weighted by molar-refractivity contribution is -0.112. The highest BCUT2D eigenvalue weighted by molar-refractivity contribution is 6.14. The molecule has 10 heteroatoms. The predicted octanol–water partition coefficient (Wildman–Crippen LogP) is 2.87. The molecule has 1 aliphatic heterocycles. The van der Waals surface area contributed by atoms with E-state index in [4.69, 9.17) is 0 Å². The molecule has 0 bridgehead atoms. The Labute approximate surface area is 200 Å². The zero-order chi connectivity index (χ0) is 24.9. The Kier molecular flexibility index (Phi) is 7.33. The van der Waals surface area contributed by atoms with Crippen molar-refractivity contribution in [1.29, 1.82) is 0 Å². The molecule has 0 aliphatic carbocycles. The number of aliphatic imine (C=N–C) groups is 1. The Morgan fingerprint density at radius 3 is 2.49 bits per heavy atom. The van der Waals surface area contributed by atoms with Crippen molar-refractivity contribution in [1.82, 2.24) is 9.55 Å². The Balaban J connectivity index is 1.46. The van der Waals surface area contributed by atoms with Gasteiger partial charge in [0.2, 0.25) is 0 Å². The van der Waals surface area contributed by atoms with Gasteiger partial charge in [0.15, 0.2) is 0 Å². The van der Waals surface area contributed by atoms with Crippen LogP contribution in [0.5, 0.6) is 0 Å². The van der Waals surface area contributed by atoms with E-state index in [0.29, 0.717) is 28.4 Å². The van der Waals surface area contributed by atoms with Crippen LogP contribution in [-0.4, -0.2) is 57.7 Å². The van der Waals surface area contributed by atoms with E-state index < -0.39 is 11.7 Å². The summed E-state index contributed by atoms with van der Waals surface area (Å²) in [6.45, 7) is 0.200. The number of aromatic nitrogens is 2. The number of hydrogen-bond acceptors (Lipinski definition) is 6. The molecule has 1 aromatic heterocycles. The van der Waals surface area contributed by atoms with Crippen LogP contribution in [0.1, 0.15) is 12.1 Å². The first-order chi connectivity index (χ1) is 16.9. The van der Waals surface area contributed by atoms with E-state index in [2.05, 4.69) is 15.3 Å². The lowest BCUT2D eigenvalue weighted by Gasteiger charge is -2.23. The van der Waals surface area contributed by atoms with E-state index in [1.807, 2.05) is 7.05 Å². The number of aryl methyl sites for hydroxylation is 1. The molecule has 8 nitrogen and oxygen atoms in total. The van der Waals surface area contributed by atoms with E-state index in [0.717, 1.165) is 5.56 Å². The van der Waals surface area contributed by atoms with Crippen LogP contribution >= 0.6 is 0 Å². The Morgan fingerprint density at radius 2 is 1.83 bits per heavy atom. The number of nitrogens with zero attached hydrogens (tertiary/aromatic N) is 4. The number of aliphatic hydroxyl groups excluding tert-OH is 2. The molecule has 0 spiro atoms. The number of anilines is 2. The van der Waals surface area contributed by atoms with Gasteiger partial charge in [-0.05, 0) is 42.5 Å². The summed E-state index contributed by atoms with van der Waals surface area (Å²) in [4.78, 5) is 23.3. The zero-order valence-corrected chi connectivity index (χ0v) is 19.1. The van der Waals surface area contributed by atoms with Gasteiger partial charge in [-0.25, -0.2) is 13.8 Å². The number of benzene rings is 2. The van der Waals surface area contributed by atoms with Crippen LogP contribution in [-0.2, 0) is 11.8 Å². The molecule has 0 saturated heterocycles. The molecule has 0 saturated carbocycles. The predicted molar refractivity (Wildman–Crippen MR) is 129 cm³/mol.